The summed E-state index contributed by atoms with van der Waals surface area (Å²) in [7, 11) is 0. The molecule has 1 saturated heterocycles. The van der Waals surface area contributed by atoms with Crippen molar-refractivity contribution in [2.75, 3.05) is 0 Å². The van der Waals surface area contributed by atoms with Gasteiger partial charge >= 0.3 is 17.8 Å². The van der Waals surface area contributed by atoms with E-state index in [2.05, 4.69) is 0 Å². The van der Waals surface area contributed by atoms with Crippen LogP contribution in [0.1, 0.15) is 5.56 Å². The first kappa shape index (κ1) is 8.89. The molecule has 14 heavy (non-hydrogen) atoms. The number of rotatable bonds is 2. The fourth-order valence-corrected chi connectivity index (χ4v) is 1.80. The van der Waals surface area contributed by atoms with Crippen molar-refractivity contribution in [2.24, 2.45) is 0 Å². The number of hydrogen-bond donors (Lipinski definition) is 1. The number of hydrogen-bond acceptors (Lipinski definition) is 4. The van der Waals surface area contributed by atoms with Crippen LogP contribution in [0.5, 0.6) is 0 Å². The van der Waals surface area contributed by atoms with Crippen molar-refractivity contribution >= 4 is 29.2 Å². The highest BCUT2D eigenvalue weighted by atomic mass is 32.1. The minimum Gasteiger partial charge on any atom is -0.269 e. The van der Waals surface area contributed by atoms with Gasteiger partial charge in [0.25, 0.3) is 0 Å². The number of carbonyl (C=O) groups is 3. The molecule has 0 saturated carbocycles. The zero-order valence-corrected chi connectivity index (χ0v) is 7.84. The van der Waals surface area contributed by atoms with E-state index in [-0.39, 0.29) is 6.54 Å². The first-order valence-corrected chi connectivity index (χ1v) is 4.80. The van der Waals surface area contributed by atoms with Crippen molar-refractivity contribution in [3.63, 3.8) is 0 Å². The van der Waals surface area contributed by atoms with Gasteiger partial charge in [-0.15, -0.1) is 0 Å². The largest absolute Gasteiger partial charge is 0.331 e. The lowest BCUT2D eigenvalue weighted by molar-refractivity contribution is -0.140. The molecular weight excluding hydrogens is 204 g/mol. The average Bonchev–Trinajstić information content (AvgIpc) is 2.71. The van der Waals surface area contributed by atoms with Crippen LogP contribution in [-0.2, 0) is 16.1 Å². The summed E-state index contributed by atoms with van der Waals surface area (Å²) < 4.78 is 0. The quantitative estimate of drug-likeness (QED) is 0.565. The predicted octanol–water partition coefficient (Wildman–Crippen LogP) is 0.327. The van der Waals surface area contributed by atoms with Gasteiger partial charge in [0.2, 0.25) is 0 Å². The summed E-state index contributed by atoms with van der Waals surface area (Å²) in [5.74, 6) is -1.65. The fraction of sp³-hybridized carbons (Fsp3) is 0.125. The number of nitrogens with zero attached hydrogens (tertiary/aromatic N) is 1. The smallest absolute Gasteiger partial charge is 0.269 e. The monoisotopic (exact) mass is 210 g/mol. The number of imide groups is 2. The highest BCUT2D eigenvalue weighted by Gasteiger charge is 2.36. The van der Waals surface area contributed by atoms with Crippen LogP contribution in [0.15, 0.2) is 16.8 Å². The van der Waals surface area contributed by atoms with E-state index in [1.165, 1.54) is 11.3 Å². The first-order chi connectivity index (χ1) is 6.68. The molecule has 5 nitrogen and oxygen atoms in total. The minimum atomic E-state index is -0.856. The van der Waals surface area contributed by atoms with Crippen molar-refractivity contribution in [3.05, 3.63) is 22.4 Å². The molecule has 2 heterocycles. The molecule has 0 aromatic carbocycles. The molecule has 2 rings (SSSR count). The Hall–Kier alpha value is -1.69. The molecule has 0 atom stereocenters. The van der Waals surface area contributed by atoms with Crippen LogP contribution >= 0.6 is 11.3 Å². The second-order valence-corrected chi connectivity index (χ2v) is 3.56. The molecule has 0 aliphatic carbocycles. The zero-order valence-electron chi connectivity index (χ0n) is 7.02. The van der Waals surface area contributed by atoms with Crippen LogP contribution in [0.25, 0.3) is 0 Å². The number of thiophene rings is 1. The van der Waals surface area contributed by atoms with Gasteiger partial charge in [-0.25, -0.2) is 4.79 Å². The molecule has 1 aromatic rings. The van der Waals surface area contributed by atoms with E-state index in [1.807, 2.05) is 16.1 Å². The lowest BCUT2D eigenvalue weighted by Crippen LogP contribution is -2.30. The van der Waals surface area contributed by atoms with Gasteiger partial charge in [0.15, 0.2) is 0 Å². The lowest BCUT2D eigenvalue weighted by Gasteiger charge is -2.08. The topological polar surface area (TPSA) is 66.5 Å². The van der Waals surface area contributed by atoms with Gasteiger partial charge in [-0.3, -0.25) is 19.8 Å². The molecular formula is C8H6N2O3S. The maximum absolute atomic E-state index is 11.1. The molecule has 1 aliphatic heterocycles. The standard InChI is InChI=1S/C8H6N2O3S/c11-6-7(12)10(8(13)9-6)3-5-1-2-14-4-5/h1-2,4H,3H2,(H,9,11,13). The summed E-state index contributed by atoms with van der Waals surface area (Å²) in [5.41, 5.74) is 0.841. The molecule has 1 fully saturated rings. The Morgan fingerprint density at radius 3 is 2.64 bits per heavy atom. The van der Waals surface area contributed by atoms with Crippen molar-refractivity contribution in [2.45, 2.75) is 6.54 Å². The van der Waals surface area contributed by atoms with E-state index in [1.54, 1.807) is 6.07 Å². The number of urea groups is 1. The molecule has 1 aliphatic rings. The van der Waals surface area contributed by atoms with Crippen LogP contribution < -0.4 is 5.32 Å². The van der Waals surface area contributed by atoms with E-state index in [0.29, 0.717) is 0 Å². The average molecular weight is 210 g/mol. The minimum absolute atomic E-state index is 0.153. The summed E-state index contributed by atoms with van der Waals surface area (Å²) in [6.07, 6.45) is 0. The zero-order chi connectivity index (χ0) is 10.1. The lowest BCUT2D eigenvalue weighted by atomic mass is 10.3. The molecule has 1 N–H and O–H groups in total. The Kier molecular flexibility index (Phi) is 2.05. The third-order valence-electron chi connectivity index (χ3n) is 1.83. The van der Waals surface area contributed by atoms with Crippen molar-refractivity contribution < 1.29 is 14.4 Å². The van der Waals surface area contributed by atoms with Crippen molar-refractivity contribution in [1.82, 2.24) is 10.2 Å². The van der Waals surface area contributed by atoms with E-state index in [0.717, 1.165) is 10.5 Å². The first-order valence-electron chi connectivity index (χ1n) is 3.86. The summed E-state index contributed by atoms with van der Waals surface area (Å²) in [4.78, 5) is 33.9. The van der Waals surface area contributed by atoms with Crippen LogP contribution in [-0.4, -0.2) is 22.7 Å². The molecule has 1 aromatic heterocycles. The highest BCUT2D eigenvalue weighted by molar-refractivity contribution is 7.07. The van der Waals surface area contributed by atoms with Gasteiger partial charge in [0, 0.05) is 0 Å². The molecule has 0 unspecified atom stereocenters. The van der Waals surface area contributed by atoms with Gasteiger partial charge in [-0.1, -0.05) is 0 Å². The van der Waals surface area contributed by atoms with Crippen LogP contribution in [0, 0.1) is 0 Å². The second-order valence-electron chi connectivity index (χ2n) is 2.78. The van der Waals surface area contributed by atoms with Gasteiger partial charge < -0.3 is 0 Å². The maximum Gasteiger partial charge on any atom is 0.331 e. The Morgan fingerprint density at radius 1 is 1.36 bits per heavy atom. The number of amides is 4. The molecule has 0 spiro atoms. The van der Waals surface area contributed by atoms with Crippen molar-refractivity contribution in [1.29, 1.82) is 0 Å². The SMILES string of the molecule is O=C1NC(=O)N(Cc2ccsc2)C1=O. The summed E-state index contributed by atoms with van der Waals surface area (Å²) in [6, 6.07) is 1.15. The van der Waals surface area contributed by atoms with Crippen LogP contribution in [0.3, 0.4) is 0 Å². The fourth-order valence-electron chi connectivity index (χ4n) is 1.14. The third-order valence-corrected chi connectivity index (χ3v) is 2.56. The van der Waals surface area contributed by atoms with E-state index < -0.39 is 17.8 Å². The molecule has 0 bridgehead atoms. The molecule has 72 valence electrons. The van der Waals surface area contributed by atoms with E-state index in [9.17, 15) is 14.4 Å². The summed E-state index contributed by atoms with van der Waals surface area (Å²) in [5, 5.41) is 5.60. The summed E-state index contributed by atoms with van der Waals surface area (Å²) >= 11 is 1.47. The number of carbonyl (C=O) groups excluding carboxylic acids is 3. The van der Waals surface area contributed by atoms with Crippen molar-refractivity contribution in [3.8, 4) is 0 Å². The molecule has 4 amide bonds. The van der Waals surface area contributed by atoms with E-state index >= 15 is 0 Å². The summed E-state index contributed by atoms with van der Waals surface area (Å²) in [6.45, 7) is 0.153. The van der Waals surface area contributed by atoms with Gasteiger partial charge in [-0.2, -0.15) is 11.3 Å². The number of nitrogens with one attached hydrogen (secondary N) is 1. The highest BCUT2D eigenvalue weighted by Crippen LogP contribution is 2.11. The Bertz CT molecular complexity index is 399. The second kappa shape index (κ2) is 3.22. The Balaban J connectivity index is 2.16. The van der Waals surface area contributed by atoms with Gasteiger partial charge in [0.1, 0.15) is 0 Å². The predicted molar refractivity (Wildman–Crippen MR) is 48.4 cm³/mol. The van der Waals surface area contributed by atoms with Crippen LogP contribution in [0.4, 0.5) is 4.79 Å². The van der Waals surface area contributed by atoms with E-state index in [4.69, 9.17) is 0 Å². The Morgan fingerprint density at radius 2 is 2.14 bits per heavy atom. The molecule has 6 heteroatoms. The Labute approximate surface area is 83.3 Å². The van der Waals surface area contributed by atoms with Crippen LogP contribution in [0.2, 0.25) is 0 Å². The normalized spacial score (nSPS) is 16.3. The molecule has 0 radical (unpaired) electrons. The third kappa shape index (κ3) is 1.39. The maximum atomic E-state index is 11.1. The van der Waals surface area contributed by atoms with Gasteiger partial charge in [-0.05, 0) is 22.4 Å². The van der Waals surface area contributed by atoms with Gasteiger partial charge in [0.05, 0.1) is 6.54 Å².